The van der Waals surface area contributed by atoms with Crippen LogP contribution in [0.3, 0.4) is 0 Å². The maximum Gasteiger partial charge on any atom is 0.326 e. The minimum absolute atomic E-state index is 0.0753. The highest BCUT2D eigenvalue weighted by atomic mass is 79.9. The lowest BCUT2D eigenvalue weighted by molar-refractivity contribution is -0.139. The number of nitrogens with one attached hydrogen (secondary N) is 2. The summed E-state index contributed by atoms with van der Waals surface area (Å²) in [6.07, 6.45) is 2.84. The smallest absolute Gasteiger partial charge is 0.326 e. The third-order valence-electron chi connectivity index (χ3n) is 4.96. The van der Waals surface area contributed by atoms with Crippen molar-refractivity contribution in [2.45, 2.75) is 26.3 Å². The van der Waals surface area contributed by atoms with Gasteiger partial charge >= 0.3 is 5.97 Å². The molecular weight excluding hydrogens is 509 g/mol. The molecule has 3 N–H and O–H groups in total. The number of amides is 1. The average molecular weight is 527 g/mol. The molecule has 1 aliphatic carbocycles. The molecule has 1 aliphatic rings. The van der Waals surface area contributed by atoms with Crippen molar-refractivity contribution in [1.82, 2.24) is 10.3 Å². The predicted molar refractivity (Wildman–Crippen MR) is 122 cm³/mol. The highest BCUT2D eigenvalue weighted by Gasteiger charge is 2.46. The number of carbonyl (C=O) groups is 3. The summed E-state index contributed by atoms with van der Waals surface area (Å²) in [5.41, 5.74) is 1.16. The number of carbonyl (C=O) groups excluding carboxylic acids is 2. The number of carboxylic acids is 1. The van der Waals surface area contributed by atoms with Crippen molar-refractivity contribution in [3.8, 4) is 0 Å². The van der Waals surface area contributed by atoms with Crippen LogP contribution in [0.1, 0.15) is 29.8 Å². The Bertz CT molecular complexity index is 1080. The molecule has 1 amide bonds. The third kappa shape index (κ3) is 4.76. The first-order valence-corrected chi connectivity index (χ1v) is 10.7. The minimum Gasteiger partial charge on any atom is -0.480 e. The Morgan fingerprint density at radius 3 is 2.26 bits per heavy atom. The Morgan fingerprint density at radius 2 is 1.74 bits per heavy atom. The molecule has 162 valence electrons. The number of Topliss-reactive ketones (excluding diaryl/α,β-unsaturated/α-hetero) is 1. The van der Waals surface area contributed by atoms with Gasteiger partial charge in [-0.3, -0.25) is 14.6 Å². The molecular formula is C21H18BrCl2N3O4. The lowest BCUT2D eigenvalue weighted by atomic mass is 9.74. The lowest BCUT2D eigenvalue weighted by Crippen LogP contribution is -2.50. The van der Waals surface area contributed by atoms with Gasteiger partial charge in [-0.2, -0.15) is 0 Å². The molecule has 0 saturated carbocycles. The molecule has 2 aromatic rings. The van der Waals surface area contributed by atoms with Gasteiger partial charge in [0, 0.05) is 30.2 Å². The van der Waals surface area contributed by atoms with Gasteiger partial charge in [-0.25, -0.2) is 4.79 Å². The Kier molecular flexibility index (Phi) is 6.73. The SMILES string of the molecule is CC1(C)C(=O)C(Br)=C1N[C@@H](Cc1ccc(NC(=O)c2c(Cl)cncc2Cl)cc1)C(=O)O. The molecule has 1 atom stereocenters. The number of anilines is 1. The number of rotatable bonds is 7. The van der Waals surface area contributed by atoms with Crippen molar-refractivity contribution < 1.29 is 19.5 Å². The van der Waals surface area contributed by atoms with E-state index < -0.39 is 23.3 Å². The second kappa shape index (κ2) is 8.98. The molecule has 0 aliphatic heterocycles. The van der Waals surface area contributed by atoms with Gasteiger partial charge in [-0.1, -0.05) is 35.3 Å². The normalized spacial score (nSPS) is 15.8. The number of hydrogen-bond donors (Lipinski definition) is 3. The van der Waals surface area contributed by atoms with E-state index in [4.69, 9.17) is 23.2 Å². The zero-order valence-corrected chi connectivity index (χ0v) is 19.6. The van der Waals surface area contributed by atoms with Crippen molar-refractivity contribution in [3.63, 3.8) is 0 Å². The van der Waals surface area contributed by atoms with Crippen LogP contribution in [-0.2, 0) is 16.0 Å². The van der Waals surface area contributed by atoms with E-state index >= 15 is 0 Å². The maximum absolute atomic E-state index is 12.5. The number of halogens is 3. The lowest BCUT2D eigenvalue weighted by Gasteiger charge is -2.38. The van der Waals surface area contributed by atoms with E-state index in [1.807, 2.05) is 0 Å². The van der Waals surface area contributed by atoms with E-state index in [0.717, 1.165) is 5.56 Å². The van der Waals surface area contributed by atoms with E-state index in [9.17, 15) is 19.5 Å². The topological polar surface area (TPSA) is 108 Å². The van der Waals surface area contributed by atoms with Gasteiger partial charge in [0.2, 0.25) is 0 Å². The average Bonchev–Trinajstić information content (AvgIpc) is 2.71. The van der Waals surface area contributed by atoms with Gasteiger partial charge in [-0.05, 0) is 47.5 Å². The summed E-state index contributed by atoms with van der Waals surface area (Å²) in [5, 5.41) is 15.5. The van der Waals surface area contributed by atoms with Gasteiger partial charge < -0.3 is 15.7 Å². The Labute approximate surface area is 197 Å². The van der Waals surface area contributed by atoms with Gasteiger partial charge in [0.1, 0.15) is 6.04 Å². The number of hydrogen-bond acceptors (Lipinski definition) is 5. The number of carboxylic acid groups (broad SMARTS) is 1. The standard InChI is InChI=1S/C21H18BrCl2N3O4/c1-21(2)17(16(22)18(21)28)27-14(20(30)31)7-10-3-5-11(6-4-10)26-19(29)15-12(23)8-25-9-13(15)24/h3-6,8-9,14,27H,7H2,1-2H3,(H,26,29)(H,30,31)/t14-/m0/s1. The monoisotopic (exact) mass is 525 g/mol. The van der Waals surface area contributed by atoms with Crippen molar-refractivity contribution in [2.75, 3.05) is 5.32 Å². The van der Waals surface area contributed by atoms with Crippen LogP contribution in [0, 0.1) is 5.41 Å². The fourth-order valence-electron chi connectivity index (χ4n) is 3.11. The first-order chi connectivity index (χ1) is 14.5. The fourth-order valence-corrected chi connectivity index (χ4v) is 4.76. The predicted octanol–water partition coefficient (Wildman–Crippen LogP) is 4.44. The molecule has 1 heterocycles. The van der Waals surface area contributed by atoms with E-state index in [0.29, 0.717) is 15.9 Å². The summed E-state index contributed by atoms with van der Waals surface area (Å²) < 4.78 is 0.371. The summed E-state index contributed by atoms with van der Waals surface area (Å²) >= 11 is 15.2. The number of nitrogens with zero attached hydrogens (tertiary/aromatic N) is 1. The third-order valence-corrected chi connectivity index (χ3v) is 6.29. The molecule has 10 heteroatoms. The largest absolute Gasteiger partial charge is 0.480 e. The van der Waals surface area contributed by atoms with Crippen LogP contribution in [0.4, 0.5) is 5.69 Å². The summed E-state index contributed by atoms with van der Waals surface area (Å²) in [4.78, 5) is 39.9. The summed E-state index contributed by atoms with van der Waals surface area (Å²) in [5.74, 6) is -1.60. The van der Waals surface area contributed by atoms with Crippen LogP contribution >= 0.6 is 39.1 Å². The highest BCUT2D eigenvalue weighted by Crippen LogP contribution is 2.43. The molecule has 0 saturated heterocycles. The number of ketones is 1. The fraction of sp³-hybridized carbons (Fsp3) is 0.238. The van der Waals surface area contributed by atoms with Crippen LogP contribution in [0.2, 0.25) is 10.0 Å². The Balaban J connectivity index is 1.70. The molecule has 0 unspecified atom stereocenters. The first kappa shape index (κ1) is 23.2. The molecule has 1 aromatic heterocycles. The Hall–Kier alpha value is -2.42. The molecule has 1 aromatic carbocycles. The molecule has 0 spiro atoms. The van der Waals surface area contributed by atoms with Crippen molar-refractivity contribution in [2.24, 2.45) is 5.41 Å². The zero-order chi connectivity index (χ0) is 22.9. The van der Waals surface area contributed by atoms with Gasteiger partial charge in [0.25, 0.3) is 5.91 Å². The number of pyridine rings is 1. The van der Waals surface area contributed by atoms with Crippen LogP contribution in [0.25, 0.3) is 0 Å². The molecule has 7 nitrogen and oxygen atoms in total. The highest BCUT2D eigenvalue weighted by molar-refractivity contribution is 9.12. The van der Waals surface area contributed by atoms with Crippen LogP contribution in [0.5, 0.6) is 0 Å². The summed E-state index contributed by atoms with van der Waals surface area (Å²) in [7, 11) is 0. The Morgan fingerprint density at radius 1 is 1.16 bits per heavy atom. The number of aromatic nitrogens is 1. The molecule has 31 heavy (non-hydrogen) atoms. The number of aliphatic carboxylic acids is 1. The molecule has 3 rings (SSSR count). The van der Waals surface area contributed by atoms with Crippen molar-refractivity contribution in [3.05, 3.63) is 68.0 Å². The second-order valence-electron chi connectivity index (χ2n) is 7.51. The molecule has 0 bridgehead atoms. The van der Waals surface area contributed by atoms with Crippen molar-refractivity contribution in [1.29, 1.82) is 0 Å². The van der Waals surface area contributed by atoms with Gasteiger partial charge in [0.15, 0.2) is 5.78 Å². The zero-order valence-electron chi connectivity index (χ0n) is 16.5. The first-order valence-electron chi connectivity index (χ1n) is 9.16. The summed E-state index contributed by atoms with van der Waals surface area (Å²) in [6.45, 7) is 3.47. The summed E-state index contributed by atoms with van der Waals surface area (Å²) in [6, 6.07) is 5.81. The minimum atomic E-state index is -1.04. The van der Waals surface area contributed by atoms with Gasteiger partial charge in [-0.15, -0.1) is 0 Å². The number of benzene rings is 1. The molecule has 0 radical (unpaired) electrons. The van der Waals surface area contributed by atoms with Crippen LogP contribution in [0.15, 0.2) is 46.8 Å². The maximum atomic E-state index is 12.5. The second-order valence-corrected chi connectivity index (χ2v) is 9.12. The number of allylic oxidation sites excluding steroid dienone is 2. The van der Waals surface area contributed by atoms with Crippen LogP contribution in [-0.4, -0.2) is 33.8 Å². The van der Waals surface area contributed by atoms with E-state index in [2.05, 4.69) is 31.5 Å². The van der Waals surface area contributed by atoms with Crippen LogP contribution < -0.4 is 10.6 Å². The van der Waals surface area contributed by atoms with E-state index in [1.165, 1.54) is 12.4 Å². The molecule has 0 fully saturated rings. The quantitative estimate of drug-likeness (QED) is 0.492. The van der Waals surface area contributed by atoms with Gasteiger partial charge in [0.05, 0.1) is 25.5 Å². The van der Waals surface area contributed by atoms with Crippen molar-refractivity contribution >= 4 is 62.5 Å². The van der Waals surface area contributed by atoms with E-state index in [-0.39, 0.29) is 27.8 Å². The van der Waals surface area contributed by atoms with E-state index in [1.54, 1.807) is 38.1 Å².